The Balaban J connectivity index is 2.03. The van der Waals surface area contributed by atoms with Crippen molar-refractivity contribution in [3.8, 4) is 0 Å². The molecule has 0 aliphatic rings. The molecule has 0 unspecified atom stereocenters. The van der Waals surface area contributed by atoms with Crippen molar-refractivity contribution in [2.45, 2.75) is 37.0 Å². The summed E-state index contributed by atoms with van der Waals surface area (Å²) < 4.78 is 13.4. The quantitative estimate of drug-likeness (QED) is 0.807. The molecule has 0 bridgehead atoms. The summed E-state index contributed by atoms with van der Waals surface area (Å²) in [7, 11) is 0. The molecule has 2 aromatic rings. The summed E-state index contributed by atoms with van der Waals surface area (Å²) >= 11 is 1.71. The molecule has 20 heavy (non-hydrogen) atoms. The van der Waals surface area contributed by atoms with Crippen LogP contribution in [0.1, 0.15) is 36.5 Å². The van der Waals surface area contributed by atoms with Crippen LogP contribution in [0, 0.1) is 5.82 Å². The van der Waals surface area contributed by atoms with Crippen LogP contribution in [0.15, 0.2) is 47.4 Å². The first kappa shape index (κ1) is 15.1. The van der Waals surface area contributed by atoms with E-state index < -0.39 is 0 Å². The van der Waals surface area contributed by atoms with Crippen molar-refractivity contribution in [1.29, 1.82) is 0 Å². The number of halogens is 1. The predicted octanol–water partition coefficient (Wildman–Crippen LogP) is 4.70. The average molecular weight is 289 g/mol. The standard InChI is InChI=1S/C17H20FNS/c1-12(2)15-3-5-17(6-4-15)20-11-14-7-13(10-19)8-16(18)9-14/h3-9,12H,10-11,19H2,1-2H3. The molecule has 0 amide bonds. The minimum absolute atomic E-state index is 0.210. The van der Waals surface area contributed by atoms with Gasteiger partial charge < -0.3 is 5.73 Å². The average Bonchev–Trinajstić information content (AvgIpc) is 2.45. The molecule has 2 rings (SSSR count). The molecule has 0 aliphatic carbocycles. The summed E-state index contributed by atoms with van der Waals surface area (Å²) in [5.41, 5.74) is 8.72. The van der Waals surface area contributed by atoms with Crippen LogP contribution in [0.3, 0.4) is 0 Å². The fourth-order valence-electron chi connectivity index (χ4n) is 2.03. The van der Waals surface area contributed by atoms with Gasteiger partial charge in [-0.25, -0.2) is 4.39 Å². The summed E-state index contributed by atoms with van der Waals surface area (Å²) in [6.45, 7) is 4.74. The second-order valence-electron chi connectivity index (χ2n) is 5.18. The Morgan fingerprint density at radius 3 is 2.30 bits per heavy atom. The number of hydrogen-bond acceptors (Lipinski definition) is 2. The van der Waals surface area contributed by atoms with E-state index >= 15 is 0 Å². The third kappa shape index (κ3) is 4.09. The molecule has 0 atom stereocenters. The third-order valence-corrected chi connectivity index (χ3v) is 4.29. The maximum absolute atomic E-state index is 13.4. The molecule has 0 spiro atoms. The highest BCUT2D eigenvalue weighted by molar-refractivity contribution is 7.98. The Morgan fingerprint density at radius 2 is 1.70 bits per heavy atom. The zero-order chi connectivity index (χ0) is 14.5. The molecule has 3 heteroatoms. The van der Waals surface area contributed by atoms with Gasteiger partial charge in [-0.2, -0.15) is 0 Å². The SMILES string of the molecule is CC(C)c1ccc(SCc2cc(F)cc(CN)c2)cc1. The van der Waals surface area contributed by atoms with Gasteiger partial charge in [0.15, 0.2) is 0 Å². The van der Waals surface area contributed by atoms with Crippen LogP contribution in [0.25, 0.3) is 0 Å². The number of rotatable bonds is 5. The Bertz CT molecular complexity index is 564. The molecule has 0 saturated carbocycles. The summed E-state index contributed by atoms with van der Waals surface area (Å²) in [6, 6.07) is 13.6. The van der Waals surface area contributed by atoms with Crippen molar-refractivity contribution in [3.05, 3.63) is 65.0 Å². The van der Waals surface area contributed by atoms with Crippen LogP contribution in [0.4, 0.5) is 4.39 Å². The number of benzene rings is 2. The summed E-state index contributed by atoms with van der Waals surface area (Å²) in [6.07, 6.45) is 0. The van der Waals surface area contributed by atoms with Gasteiger partial charge >= 0.3 is 0 Å². The molecule has 0 saturated heterocycles. The van der Waals surface area contributed by atoms with E-state index in [0.29, 0.717) is 12.5 Å². The number of hydrogen-bond donors (Lipinski definition) is 1. The van der Waals surface area contributed by atoms with Gasteiger partial charge in [0.25, 0.3) is 0 Å². The van der Waals surface area contributed by atoms with Crippen molar-refractivity contribution in [1.82, 2.24) is 0 Å². The van der Waals surface area contributed by atoms with E-state index in [0.717, 1.165) is 16.9 Å². The van der Waals surface area contributed by atoms with Crippen LogP contribution in [0.5, 0.6) is 0 Å². The molecule has 0 radical (unpaired) electrons. The van der Waals surface area contributed by atoms with Crippen molar-refractivity contribution >= 4 is 11.8 Å². The van der Waals surface area contributed by atoms with E-state index in [1.807, 2.05) is 6.07 Å². The van der Waals surface area contributed by atoms with E-state index in [1.54, 1.807) is 17.8 Å². The lowest BCUT2D eigenvalue weighted by Gasteiger charge is -2.08. The third-order valence-electron chi connectivity index (χ3n) is 3.21. The molecule has 0 fully saturated rings. The van der Waals surface area contributed by atoms with Crippen LogP contribution in [0.2, 0.25) is 0 Å². The van der Waals surface area contributed by atoms with Crippen LogP contribution < -0.4 is 5.73 Å². The Kier molecular flexibility index (Phi) is 5.21. The van der Waals surface area contributed by atoms with Gasteiger partial charge in [0.2, 0.25) is 0 Å². The molecule has 2 aromatic carbocycles. The first-order valence-corrected chi connectivity index (χ1v) is 7.78. The molecule has 2 N–H and O–H groups in total. The highest BCUT2D eigenvalue weighted by Gasteiger charge is 2.03. The lowest BCUT2D eigenvalue weighted by Crippen LogP contribution is -1.98. The molecular weight excluding hydrogens is 269 g/mol. The fourth-order valence-corrected chi connectivity index (χ4v) is 2.86. The first-order valence-electron chi connectivity index (χ1n) is 6.79. The van der Waals surface area contributed by atoms with E-state index in [1.165, 1.54) is 16.5 Å². The largest absolute Gasteiger partial charge is 0.326 e. The predicted molar refractivity (Wildman–Crippen MR) is 84.4 cm³/mol. The summed E-state index contributed by atoms with van der Waals surface area (Å²) in [5.74, 6) is 1.09. The zero-order valence-electron chi connectivity index (χ0n) is 11.9. The normalized spacial score (nSPS) is 11.1. The van der Waals surface area contributed by atoms with E-state index in [-0.39, 0.29) is 5.82 Å². The van der Waals surface area contributed by atoms with Gasteiger partial charge in [-0.1, -0.05) is 32.0 Å². The molecular formula is C17H20FNS. The summed E-state index contributed by atoms with van der Waals surface area (Å²) in [4.78, 5) is 1.20. The first-order chi connectivity index (χ1) is 9.58. The van der Waals surface area contributed by atoms with Crippen LogP contribution in [-0.4, -0.2) is 0 Å². The molecule has 0 aromatic heterocycles. The monoisotopic (exact) mass is 289 g/mol. The Labute approximate surface area is 124 Å². The van der Waals surface area contributed by atoms with Gasteiger partial charge in [0, 0.05) is 17.2 Å². The summed E-state index contributed by atoms with van der Waals surface area (Å²) in [5, 5.41) is 0. The fraction of sp³-hybridized carbons (Fsp3) is 0.294. The van der Waals surface area contributed by atoms with Crippen molar-refractivity contribution in [2.24, 2.45) is 5.73 Å². The molecule has 0 aliphatic heterocycles. The van der Waals surface area contributed by atoms with Gasteiger partial charge in [-0.15, -0.1) is 11.8 Å². The Hall–Kier alpha value is -1.32. The van der Waals surface area contributed by atoms with Crippen LogP contribution >= 0.6 is 11.8 Å². The van der Waals surface area contributed by atoms with Crippen LogP contribution in [-0.2, 0) is 12.3 Å². The van der Waals surface area contributed by atoms with Gasteiger partial charge in [0.1, 0.15) is 5.82 Å². The van der Waals surface area contributed by atoms with Gasteiger partial charge in [-0.3, -0.25) is 0 Å². The van der Waals surface area contributed by atoms with E-state index in [9.17, 15) is 4.39 Å². The topological polar surface area (TPSA) is 26.0 Å². The second-order valence-corrected chi connectivity index (χ2v) is 6.23. The molecule has 106 valence electrons. The lowest BCUT2D eigenvalue weighted by atomic mass is 10.0. The van der Waals surface area contributed by atoms with Crippen molar-refractivity contribution in [2.75, 3.05) is 0 Å². The zero-order valence-corrected chi connectivity index (χ0v) is 12.7. The van der Waals surface area contributed by atoms with E-state index in [4.69, 9.17) is 5.73 Å². The molecule has 1 nitrogen and oxygen atoms in total. The highest BCUT2D eigenvalue weighted by Crippen LogP contribution is 2.25. The highest BCUT2D eigenvalue weighted by atomic mass is 32.2. The molecule has 0 heterocycles. The number of thioether (sulfide) groups is 1. The number of nitrogens with two attached hydrogens (primary N) is 1. The van der Waals surface area contributed by atoms with E-state index in [2.05, 4.69) is 38.1 Å². The minimum atomic E-state index is -0.210. The van der Waals surface area contributed by atoms with Crippen molar-refractivity contribution in [3.63, 3.8) is 0 Å². The lowest BCUT2D eigenvalue weighted by molar-refractivity contribution is 0.624. The minimum Gasteiger partial charge on any atom is -0.326 e. The van der Waals surface area contributed by atoms with Crippen molar-refractivity contribution < 1.29 is 4.39 Å². The van der Waals surface area contributed by atoms with Gasteiger partial charge in [0.05, 0.1) is 0 Å². The maximum Gasteiger partial charge on any atom is 0.123 e. The smallest absolute Gasteiger partial charge is 0.123 e. The maximum atomic E-state index is 13.4. The second kappa shape index (κ2) is 6.91. The van der Waals surface area contributed by atoms with Gasteiger partial charge in [-0.05, 0) is 46.9 Å². The Morgan fingerprint density at radius 1 is 1.05 bits per heavy atom.